The lowest BCUT2D eigenvalue weighted by atomic mass is 10.00. The molecule has 0 heteroatoms. The summed E-state index contributed by atoms with van der Waals surface area (Å²) in [5.41, 5.74) is 4.41. The molecule has 0 unspecified atom stereocenters. The molecule has 2 aromatic rings. The lowest BCUT2D eigenvalue weighted by Crippen LogP contribution is -1.85. The van der Waals surface area contributed by atoms with E-state index >= 15 is 0 Å². The van der Waals surface area contributed by atoms with Crippen molar-refractivity contribution in [2.24, 2.45) is 0 Å². The number of rotatable bonds is 1. The SMILES string of the molecule is CC(C)c1ccc2c3c-2cccc13. The Hall–Kier alpha value is -1.30. The average Bonchev–Trinajstić information content (AvgIpc) is 2.82. The molecular weight excluding hydrogens is 156 g/mol. The first kappa shape index (κ1) is 7.14. The molecule has 0 amide bonds. The first-order valence-electron chi connectivity index (χ1n) is 4.85. The summed E-state index contributed by atoms with van der Waals surface area (Å²) in [6, 6.07) is 11.1. The smallest absolute Gasteiger partial charge is 0.00235 e. The Morgan fingerprint density at radius 2 is 1.69 bits per heavy atom. The van der Waals surface area contributed by atoms with Crippen molar-refractivity contribution in [2.75, 3.05) is 0 Å². The highest BCUT2D eigenvalue weighted by Crippen LogP contribution is 2.48. The molecule has 0 aliphatic heterocycles. The van der Waals surface area contributed by atoms with Gasteiger partial charge in [0.25, 0.3) is 0 Å². The lowest BCUT2D eigenvalue weighted by Gasteiger charge is -2.05. The summed E-state index contributed by atoms with van der Waals surface area (Å²) in [5.74, 6) is 0.630. The van der Waals surface area contributed by atoms with Crippen LogP contribution < -0.4 is 0 Å². The molecule has 3 rings (SSSR count). The van der Waals surface area contributed by atoms with Gasteiger partial charge in [0.2, 0.25) is 0 Å². The molecule has 0 saturated heterocycles. The number of hydrogen-bond acceptors (Lipinski definition) is 0. The minimum absolute atomic E-state index is 0.630. The number of fused-ring (bicyclic) bond motifs is 1. The minimum atomic E-state index is 0.630. The van der Waals surface area contributed by atoms with Crippen molar-refractivity contribution in [1.82, 2.24) is 0 Å². The third-order valence-corrected chi connectivity index (χ3v) is 2.92. The summed E-state index contributed by atoms with van der Waals surface area (Å²) >= 11 is 0. The molecule has 0 spiro atoms. The first-order chi connectivity index (χ1) is 6.29. The molecule has 1 aliphatic rings. The third kappa shape index (κ3) is 0.806. The predicted molar refractivity (Wildman–Crippen MR) is 57.0 cm³/mol. The molecule has 13 heavy (non-hydrogen) atoms. The van der Waals surface area contributed by atoms with Crippen LogP contribution in [0.4, 0.5) is 0 Å². The second-order valence-electron chi connectivity index (χ2n) is 4.09. The monoisotopic (exact) mass is 168 g/mol. The minimum Gasteiger partial charge on any atom is -0.0610 e. The molecule has 0 saturated carbocycles. The highest BCUT2D eigenvalue weighted by molar-refractivity contribution is 6.20. The fourth-order valence-corrected chi connectivity index (χ4v) is 2.18. The molecule has 0 N–H and O–H groups in total. The molecule has 0 aromatic heterocycles. The summed E-state index contributed by atoms with van der Waals surface area (Å²) in [4.78, 5) is 0. The second-order valence-corrected chi connectivity index (χ2v) is 4.09. The molecule has 1 aliphatic carbocycles. The zero-order valence-corrected chi connectivity index (χ0v) is 7.96. The van der Waals surface area contributed by atoms with Gasteiger partial charge in [0, 0.05) is 0 Å². The summed E-state index contributed by atoms with van der Waals surface area (Å²) < 4.78 is 0. The molecular formula is C13H12. The fourth-order valence-electron chi connectivity index (χ4n) is 2.18. The van der Waals surface area contributed by atoms with Crippen LogP contribution in [0.2, 0.25) is 0 Å². The van der Waals surface area contributed by atoms with E-state index in [4.69, 9.17) is 0 Å². The fraction of sp³-hybridized carbons (Fsp3) is 0.231. The predicted octanol–water partition coefficient (Wildman–Crippen LogP) is 3.94. The molecule has 0 atom stereocenters. The van der Waals surface area contributed by atoms with Crippen LogP contribution in [0.15, 0.2) is 30.3 Å². The Morgan fingerprint density at radius 3 is 2.46 bits per heavy atom. The van der Waals surface area contributed by atoms with Gasteiger partial charge in [-0.1, -0.05) is 44.2 Å². The van der Waals surface area contributed by atoms with E-state index in [2.05, 4.69) is 44.2 Å². The topological polar surface area (TPSA) is 0 Å². The molecule has 0 fully saturated rings. The largest absolute Gasteiger partial charge is 0.0610 e. The Balaban J connectivity index is 2.40. The van der Waals surface area contributed by atoms with Crippen molar-refractivity contribution in [1.29, 1.82) is 0 Å². The molecule has 0 bridgehead atoms. The van der Waals surface area contributed by atoms with Crippen LogP contribution >= 0.6 is 0 Å². The molecule has 2 aromatic carbocycles. The van der Waals surface area contributed by atoms with Gasteiger partial charge in [0.1, 0.15) is 0 Å². The van der Waals surface area contributed by atoms with Gasteiger partial charge < -0.3 is 0 Å². The van der Waals surface area contributed by atoms with E-state index in [9.17, 15) is 0 Å². The van der Waals surface area contributed by atoms with Crippen LogP contribution in [-0.2, 0) is 0 Å². The highest BCUT2D eigenvalue weighted by atomic mass is 14.2. The lowest BCUT2D eigenvalue weighted by molar-refractivity contribution is 0.877. The van der Waals surface area contributed by atoms with E-state index in [0.29, 0.717) is 5.92 Å². The maximum absolute atomic E-state index is 2.27. The van der Waals surface area contributed by atoms with E-state index < -0.39 is 0 Å². The molecule has 64 valence electrons. The van der Waals surface area contributed by atoms with Crippen LogP contribution in [0.3, 0.4) is 0 Å². The highest BCUT2D eigenvalue weighted by Gasteiger charge is 2.22. The van der Waals surface area contributed by atoms with Gasteiger partial charge >= 0.3 is 0 Å². The first-order valence-corrected chi connectivity index (χ1v) is 4.85. The van der Waals surface area contributed by atoms with Crippen molar-refractivity contribution in [3.05, 3.63) is 35.9 Å². The number of benzene rings is 2. The van der Waals surface area contributed by atoms with E-state index in [1.807, 2.05) is 0 Å². The van der Waals surface area contributed by atoms with Gasteiger partial charge in [-0.15, -0.1) is 0 Å². The summed E-state index contributed by atoms with van der Waals surface area (Å²) in [7, 11) is 0. The third-order valence-electron chi connectivity index (χ3n) is 2.92. The Morgan fingerprint density at radius 1 is 0.923 bits per heavy atom. The summed E-state index contributed by atoms with van der Waals surface area (Å²) in [5, 5.41) is 2.97. The van der Waals surface area contributed by atoms with Crippen LogP contribution in [0.5, 0.6) is 0 Å². The molecule has 0 radical (unpaired) electrons. The van der Waals surface area contributed by atoms with Gasteiger partial charge in [-0.2, -0.15) is 0 Å². The Bertz CT molecular complexity index is 484. The molecule has 0 nitrogen and oxygen atoms in total. The van der Waals surface area contributed by atoms with Gasteiger partial charge in [-0.3, -0.25) is 0 Å². The van der Waals surface area contributed by atoms with Crippen molar-refractivity contribution >= 4 is 10.8 Å². The second kappa shape index (κ2) is 2.14. The van der Waals surface area contributed by atoms with E-state index in [0.717, 1.165) is 0 Å². The maximum Gasteiger partial charge on any atom is -0.00235 e. The van der Waals surface area contributed by atoms with Gasteiger partial charge in [-0.05, 0) is 33.4 Å². The number of hydrogen-bond donors (Lipinski definition) is 0. The van der Waals surface area contributed by atoms with Crippen molar-refractivity contribution in [2.45, 2.75) is 19.8 Å². The van der Waals surface area contributed by atoms with Crippen LogP contribution in [0, 0.1) is 0 Å². The van der Waals surface area contributed by atoms with E-state index in [1.165, 1.54) is 27.5 Å². The zero-order chi connectivity index (χ0) is 9.00. The van der Waals surface area contributed by atoms with Crippen molar-refractivity contribution in [3.63, 3.8) is 0 Å². The quantitative estimate of drug-likeness (QED) is 0.516. The van der Waals surface area contributed by atoms with Crippen LogP contribution in [-0.4, -0.2) is 0 Å². The van der Waals surface area contributed by atoms with E-state index in [1.54, 1.807) is 0 Å². The average molecular weight is 168 g/mol. The van der Waals surface area contributed by atoms with Gasteiger partial charge in [0.05, 0.1) is 0 Å². The Kier molecular flexibility index (Phi) is 1.17. The van der Waals surface area contributed by atoms with E-state index in [-0.39, 0.29) is 0 Å². The van der Waals surface area contributed by atoms with Crippen LogP contribution in [0.25, 0.3) is 21.9 Å². The normalized spacial score (nSPS) is 12.5. The summed E-state index contributed by atoms with van der Waals surface area (Å²) in [6.45, 7) is 4.51. The van der Waals surface area contributed by atoms with Gasteiger partial charge in [0.15, 0.2) is 0 Å². The van der Waals surface area contributed by atoms with Gasteiger partial charge in [-0.25, -0.2) is 0 Å². The van der Waals surface area contributed by atoms with Crippen molar-refractivity contribution < 1.29 is 0 Å². The standard InChI is InChI=1S/C13H12/c1-8(2)9-6-7-12-11-5-3-4-10(9)13(11)12/h3-8H,1-2H3. The zero-order valence-electron chi connectivity index (χ0n) is 7.96. The molecule has 0 heterocycles. The maximum atomic E-state index is 2.27. The summed E-state index contributed by atoms with van der Waals surface area (Å²) in [6.07, 6.45) is 0. The Labute approximate surface area is 78.2 Å². The van der Waals surface area contributed by atoms with Crippen molar-refractivity contribution in [3.8, 4) is 11.1 Å². The van der Waals surface area contributed by atoms with Crippen LogP contribution in [0.1, 0.15) is 25.3 Å².